The van der Waals surface area contributed by atoms with Crippen LogP contribution < -0.4 is 5.73 Å². The number of hydrogen-bond donors (Lipinski definition) is 1. The highest BCUT2D eigenvalue weighted by Gasteiger charge is 2.09. The van der Waals surface area contributed by atoms with Gasteiger partial charge in [-0.1, -0.05) is 24.3 Å². The molecule has 1 atom stereocenters. The van der Waals surface area contributed by atoms with Gasteiger partial charge in [0, 0.05) is 5.69 Å². The van der Waals surface area contributed by atoms with Gasteiger partial charge in [-0.05, 0) is 56.0 Å². The summed E-state index contributed by atoms with van der Waals surface area (Å²) in [4.78, 5) is 4.48. The average molecular weight is 240 g/mol. The Morgan fingerprint density at radius 1 is 1.06 bits per heavy atom. The van der Waals surface area contributed by atoms with Gasteiger partial charge in [-0.3, -0.25) is 4.98 Å². The third kappa shape index (κ3) is 2.96. The molecule has 0 aliphatic heterocycles. The first-order chi connectivity index (χ1) is 8.56. The first-order valence-electron chi connectivity index (χ1n) is 6.31. The van der Waals surface area contributed by atoms with Crippen molar-refractivity contribution in [2.24, 2.45) is 5.73 Å². The summed E-state index contributed by atoms with van der Waals surface area (Å²) in [7, 11) is 0. The van der Waals surface area contributed by atoms with Crippen LogP contribution in [-0.4, -0.2) is 4.98 Å². The van der Waals surface area contributed by atoms with Crippen molar-refractivity contribution in [3.63, 3.8) is 0 Å². The number of aryl methyl sites for hydroxylation is 3. The second kappa shape index (κ2) is 5.32. The molecule has 1 aromatic carbocycles. The molecule has 0 saturated heterocycles. The van der Waals surface area contributed by atoms with Crippen molar-refractivity contribution in [3.8, 4) is 0 Å². The number of hydrogen-bond acceptors (Lipinski definition) is 2. The van der Waals surface area contributed by atoms with Crippen LogP contribution in [-0.2, 0) is 6.42 Å². The van der Waals surface area contributed by atoms with Gasteiger partial charge in [0.05, 0.1) is 11.7 Å². The minimum Gasteiger partial charge on any atom is -0.322 e. The lowest BCUT2D eigenvalue weighted by Crippen LogP contribution is -2.15. The van der Waals surface area contributed by atoms with Crippen LogP contribution >= 0.6 is 0 Å². The van der Waals surface area contributed by atoms with Gasteiger partial charge in [-0.25, -0.2) is 0 Å². The number of benzene rings is 1. The molecule has 2 aromatic rings. The van der Waals surface area contributed by atoms with Crippen LogP contribution in [0.15, 0.2) is 36.4 Å². The predicted octanol–water partition coefficient (Wildman–Crippen LogP) is 3.25. The molecule has 2 nitrogen and oxygen atoms in total. The number of aromatic nitrogens is 1. The number of nitrogens with zero attached hydrogens (tertiary/aromatic N) is 1. The van der Waals surface area contributed by atoms with Crippen LogP contribution in [0.25, 0.3) is 0 Å². The zero-order valence-corrected chi connectivity index (χ0v) is 11.3. The number of nitrogens with two attached hydrogens (primary N) is 1. The third-order valence-corrected chi connectivity index (χ3v) is 3.32. The van der Waals surface area contributed by atoms with Crippen molar-refractivity contribution < 1.29 is 0 Å². The Labute approximate surface area is 109 Å². The lowest BCUT2D eigenvalue weighted by atomic mass is 9.99. The largest absolute Gasteiger partial charge is 0.322 e. The van der Waals surface area contributed by atoms with Crippen LogP contribution in [0.3, 0.4) is 0 Å². The Bertz CT molecular complexity index is 547. The van der Waals surface area contributed by atoms with E-state index < -0.39 is 0 Å². The van der Waals surface area contributed by atoms with E-state index >= 15 is 0 Å². The van der Waals surface area contributed by atoms with E-state index in [2.05, 4.69) is 37.0 Å². The minimum atomic E-state index is -0.0352. The topological polar surface area (TPSA) is 38.9 Å². The van der Waals surface area contributed by atoms with Crippen LogP contribution in [0.4, 0.5) is 0 Å². The Morgan fingerprint density at radius 2 is 1.83 bits per heavy atom. The maximum atomic E-state index is 6.22. The lowest BCUT2D eigenvalue weighted by Gasteiger charge is -2.13. The summed E-state index contributed by atoms with van der Waals surface area (Å²) >= 11 is 0. The fourth-order valence-electron chi connectivity index (χ4n) is 2.06. The number of pyridine rings is 1. The van der Waals surface area contributed by atoms with Gasteiger partial charge in [-0.15, -0.1) is 0 Å². The molecule has 0 amide bonds. The molecule has 1 unspecified atom stereocenters. The Kier molecular flexibility index (Phi) is 3.78. The molecule has 1 aromatic heterocycles. The molecule has 0 aliphatic carbocycles. The molecule has 0 bridgehead atoms. The lowest BCUT2D eigenvalue weighted by molar-refractivity contribution is 0.693. The fourth-order valence-corrected chi connectivity index (χ4v) is 2.06. The van der Waals surface area contributed by atoms with Crippen LogP contribution in [0.2, 0.25) is 0 Å². The molecule has 2 rings (SSSR count). The zero-order valence-electron chi connectivity index (χ0n) is 11.3. The molecule has 0 aliphatic rings. The molecule has 2 heteroatoms. The molecular weight excluding hydrogens is 220 g/mol. The number of rotatable bonds is 3. The van der Waals surface area contributed by atoms with Gasteiger partial charge in [0.1, 0.15) is 0 Å². The van der Waals surface area contributed by atoms with Crippen LogP contribution in [0.1, 0.15) is 34.1 Å². The third-order valence-electron chi connectivity index (χ3n) is 3.32. The maximum absolute atomic E-state index is 6.22. The van der Waals surface area contributed by atoms with Gasteiger partial charge in [-0.2, -0.15) is 0 Å². The van der Waals surface area contributed by atoms with E-state index in [4.69, 9.17) is 5.73 Å². The van der Waals surface area contributed by atoms with Crippen molar-refractivity contribution in [3.05, 3.63) is 64.5 Å². The maximum Gasteiger partial charge on any atom is 0.0577 e. The van der Waals surface area contributed by atoms with Crippen LogP contribution in [0.5, 0.6) is 0 Å². The smallest absolute Gasteiger partial charge is 0.0577 e. The van der Waals surface area contributed by atoms with E-state index in [1.807, 2.05) is 25.1 Å². The summed E-state index contributed by atoms with van der Waals surface area (Å²) in [6.45, 7) is 6.25. The van der Waals surface area contributed by atoms with E-state index in [0.29, 0.717) is 0 Å². The van der Waals surface area contributed by atoms with Crippen molar-refractivity contribution in [1.29, 1.82) is 0 Å². The molecule has 94 valence electrons. The summed E-state index contributed by atoms with van der Waals surface area (Å²) in [5.74, 6) is 0. The van der Waals surface area contributed by atoms with E-state index in [1.165, 1.54) is 16.7 Å². The van der Waals surface area contributed by atoms with E-state index in [-0.39, 0.29) is 6.04 Å². The predicted molar refractivity (Wildman–Crippen MR) is 75.5 cm³/mol. The highest BCUT2D eigenvalue weighted by molar-refractivity contribution is 5.31. The van der Waals surface area contributed by atoms with Gasteiger partial charge < -0.3 is 5.73 Å². The normalized spacial score (nSPS) is 12.4. The monoisotopic (exact) mass is 240 g/mol. The van der Waals surface area contributed by atoms with Crippen molar-refractivity contribution in [1.82, 2.24) is 4.98 Å². The minimum absolute atomic E-state index is 0.0352. The molecule has 1 heterocycles. The van der Waals surface area contributed by atoms with E-state index in [9.17, 15) is 0 Å². The average Bonchev–Trinajstić information content (AvgIpc) is 2.34. The first-order valence-corrected chi connectivity index (χ1v) is 6.31. The van der Waals surface area contributed by atoms with Gasteiger partial charge >= 0.3 is 0 Å². The highest BCUT2D eigenvalue weighted by atomic mass is 14.8. The van der Waals surface area contributed by atoms with Crippen molar-refractivity contribution >= 4 is 0 Å². The van der Waals surface area contributed by atoms with E-state index in [1.54, 1.807) is 0 Å². The molecule has 2 N–H and O–H groups in total. The fraction of sp³-hybridized carbons (Fsp3) is 0.312. The molecular formula is C16H20N2. The molecule has 18 heavy (non-hydrogen) atoms. The second-order valence-corrected chi connectivity index (χ2v) is 4.93. The standard InChI is InChI=1S/C16H20N2/c1-11-7-8-14(9-12(11)2)10-15(17)16-6-4-5-13(3)18-16/h4-9,15H,10,17H2,1-3H3. The molecule has 0 fully saturated rings. The summed E-state index contributed by atoms with van der Waals surface area (Å²) in [5, 5.41) is 0. The molecule has 0 saturated carbocycles. The Hall–Kier alpha value is -1.67. The van der Waals surface area contributed by atoms with Crippen molar-refractivity contribution in [2.45, 2.75) is 33.2 Å². The Balaban J connectivity index is 2.16. The summed E-state index contributed by atoms with van der Waals surface area (Å²) in [5.41, 5.74) is 12.1. The van der Waals surface area contributed by atoms with Gasteiger partial charge in [0.25, 0.3) is 0 Å². The highest BCUT2D eigenvalue weighted by Crippen LogP contribution is 2.17. The SMILES string of the molecule is Cc1cccc(C(N)Cc2ccc(C)c(C)c2)n1. The zero-order chi connectivity index (χ0) is 13.1. The summed E-state index contributed by atoms with van der Waals surface area (Å²) in [6, 6.07) is 12.5. The van der Waals surface area contributed by atoms with Gasteiger partial charge in [0.2, 0.25) is 0 Å². The first kappa shape index (κ1) is 12.8. The molecule has 0 radical (unpaired) electrons. The second-order valence-electron chi connectivity index (χ2n) is 4.93. The summed E-state index contributed by atoms with van der Waals surface area (Å²) < 4.78 is 0. The van der Waals surface area contributed by atoms with Gasteiger partial charge in [0.15, 0.2) is 0 Å². The van der Waals surface area contributed by atoms with Crippen LogP contribution in [0, 0.1) is 20.8 Å². The quantitative estimate of drug-likeness (QED) is 0.894. The van der Waals surface area contributed by atoms with Crippen molar-refractivity contribution in [2.75, 3.05) is 0 Å². The Morgan fingerprint density at radius 3 is 2.50 bits per heavy atom. The van der Waals surface area contributed by atoms with E-state index in [0.717, 1.165) is 17.8 Å². The molecule has 0 spiro atoms. The summed E-state index contributed by atoms with van der Waals surface area (Å²) in [6.07, 6.45) is 0.831.